The fourth-order valence-electron chi connectivity index (χ4n) is 4.07. The Balaban J connectivity index is 1.56. The molecule has 0 saturated carbocycles. The van der Waals surface area contributed by atoms with E-state index in [1.54, 1.807) is 36.2 Å². The number of carbonyl (C=O) groups is 1. The summed E-state index contributed by atoms with van der Waals surface area (Å²) in [5, 5.41) is 0. The van der Waals surface area contributed by atoms with Gasteiger partial charge in [-0.15, -0.1) is 0 Å². The van der Waals surface area contributed by atoms with E-state index in [4.69, 9.17) is 0 Å². The van der Waals surface area contributed by atoms with Crippen molar-refractivity contribution in [2.75, 3.05) is 39.5 Å². The topological polar surface area (TPSA) is 95.1 Å². The molecule has 3 rings (SSSR count). The Labute approximate surface area is 179 Å². The minimum Gasteiger partial charge on any atom is -0.342 e. The first-order chi connectivity index (χ1) is 14.1. The van der Waals surface area contributed by atoms with Crippen LogP contribution in [0.15, 0.2) is 29.2 Å². The Morgan fingerprint density at radius 2 is 1.53 bits per heavy atom. The fraction of sp³-hybridized carbons (Fsp3) is 0.650. The molecule has 2 fully saturated rings. The van der Waals surface area contributed by atoms with E-state index in [1.807, 2.05) is 0 Å². The average molecular weight is 458 g/mol. The van der Waals surface area contributed by atoms with E-state index < -0.39 is 20.0 Å². The third-order valence-corrected chi connectivity index (χ3v) is 9.34. The van der Waals surface area contributed by atoms with E-state index in [2.05, 4.69) is 0 Å². The molecule has 1 amide bonds. The Bertz CT molecular complexity index is 947. The molecule has 0 spiro atoms. The molecule has 0 radical (unpaired) electrons. The zero-order valence-corrected chi connectivity index (χ0v) is 19.3. The summed E-state index contributed by atoms with van der Waals surface area (Å²) in [5.41, 5.74) is 0.771. The lowest BCUT2D eigenvalue weighted by Gasteiger charge is -2.35. The van der Waals surface area contributed by atoms with Gasteiger partial charge in [0.25, 0.3) is 0 Å². The van der Waals surface area contributed by atoms with Crippen molar-refractivity contribution in [3.63, 3.8) is 0 Å². The highest BCUT2D eigenvalue weighted by Gasteiger charge is 2.29. The number of likely N-dealkylation sites (tertiary alicyclic amines) is 1. The summed E-state index contributed by atoms with van der Waals surface area (Å²) in [6.45, 7) is 2.16. The van der Waals surface area contributed by atoms with E-state index in [9.17, 15) is 21.6 Å². The van der Waals surface area contributed by atoms with Crippen LogP contribution in [-0.2, 0) is 31.3 Å². The highest BCUT2D eigenvalue weighted by molar-refractivity contribution is 7.89. The van der Waals surface area contributed by atoms with Crippen LogP contribution in [0.4, 0.5) is 0 Å². The van der Waals surface area contributed by atoms with Gasteiger partial charge in [0.2, 0.25) is 26.0 Å². The Morgan fingerprint density at radius 1 is 0.967 bits per heavy atom. The second-order valence-electron chi connectivity index (χ2n) is 8.18. The molecule has 0 unspecified atom stereocenters. The van der Waals surface area contributed by atoms with Crippen molar-refractivity contribution in [3.05, 3.63) is 29.8 Å². The van der Waals surface area contributed by atoms with Gasteiger partial charge < -0.3 is 4.90 Å². The number of hydrogen-bond donors (Lipinski definition) is 0. The van der Waals surface area contributed by atoms with Crippen molar-refractivity contribution in [2.24, 2.45) is 0 Å². The van der Waals surface area contributed by atoms with Crippen LogP contribution in [0, 0.1) is 0 Å². The predicted octanol–water partition coefficient (Wildman–Crippen LogP) is 1.29. The SMILES string of the molecule is CN(C1CCN(C(=O)Cc2ccc(S(=O)(=O)N3CCCCC3)cc2)CC1)S(C)(=O)=O. The van der Waals surface area contributed by atoms with Gasteiger partial charge in [0, 0.05) is 39.3 Å². The van der Waals surface area contributed by atoms with E-state index in [-0.39, 0.29) is 23.3 Å². The molecular weight excluding hydrogens is 426 g/mol. The van der Waals surface area contributed by atoms with Crippen molar-refractivity contribution >= 4 is 26.0 Å². The number of carbonyl (C=O) groups excluding carboxylic acids is 1. The number of rotatable bonds is 6. The molecule has 0 atom stereocenters. The summed E-state index contributed by atoms with van der Waals surface area (Å²) in [6.07, 6.45) is 5.47. The van der Waals surface area contributed by atoms with Gasteiger partial charge in [0.15, 0.2) is 0 Å². The zero-order chi connectivity index (χ0) is 21.9. The molecule has 1 aromatic rings. The van der Waals surface area contributed by atoms with Gasteiger partial charge in [-0.3, -0.25) is 4.79 Å². The molecule has 0 aromatic heterocycles. The van der Waals surface area contributed by atoms with Crippen LogP contribution in [0.1, 0.15) is 37.7 Å². The van der Waals surface area contributed by atoms with Gasteiger partial charge in [0.1, 0.15) is 0 Å². The molecule has 8 nitrogen and oxygen atoms in total. The van der Waals surface area contributed by atoms with Gasteiger partial charge in [0.05, 0.1) is 17.6 Å². The summed E-state index contributed by atoms with van der Waals surface area (Å²) in [5.74, 6) is -0.0258. The molecule has 0 aliphatic carbocycles. The summed E-state index contributed by atoms with van der Waals surface area (Å²) in [6, 6.07) is 6.50. The van der Waals surface area contributed by atoms with Crippen molar-refractivity contribution in [2.45, 2.75) is 49.5 Å². The van der Waals surface area contributed by atoms with Gasteiger partial charge >= 0.3 is 0 Å². The molecule has 0 N–H and O–H groups in total. The van der Waals surface area contributed by atoms with Crippen molar-refractivity contribution in [1.29, 1.82) is 0 Å². The van der Waals surface area contributed by atoms with Gasteiger partial charge in [-0.1, -0.05) is 18.6 Å². The minimum absolute atomic E-state index is 0.0258. The first-order valence-electron chi connectivity index (χ1n) is 10.4. The van der Waals surface area contributed by atoms with Crippen LogP contribution in [0.5, 0.6) is 0 Å². The second-order valence-corrected chi connectivity index (χ2v) is 12.2. The van der Waals surface area contributed by atoms with E-state index >= 15 is 0 Å². The van der Waals surface area contributed by atoms with E-state index in [0.29, 0.717) is 39.0 Å². The second kappa shape index (κ2) is 9.33. The normalized spacial score (nSPS) is 19.9. The van der Waals surface area contributed by atoms with Crippen molar-refractivity contribution < 1.29 is 21.6 Å². The number of sulfonamides is 2. The van der Waals surface area contributed by atoms with Gasteiger partial charge in [-0.25, -0.2) is 21.1 Å². The first kappa shape index (κ1) is 23.2. The quantitative estimate of drug-likeness (QED) is 0.641. The number of amides is 1. The smallest absolute Gasteiger partial charge is 0.243 e. The zero-order valence-electron chi connectivity index (χ0n) is 17.7. The minimum atomic E-state index is -3.47. The summed E-state index contributed by atoms with van der Waals surface area (Å²) >= 11 is 0. The van der Waals surface area contributed by atoms with E-state index in [0.717, 1.165) is 24.8 Å². The summed E-state index contributed by atoms with van der Waals surface area (Å²) < 4.78 is 51.7. The van der Waals surface area contributed by atoms with Gasteiger partial charge in [-0.2, -0.15) is 4.31 Å². The molecule has 168 valence electrons. The van der Waals surface area contributed by atoms with Crippen LogP contribution < -0.4 is 0 Å². The standard InChI is InChI=1S/C20H31N3O5S2/c1-21(29(2,25)26)18-10-14-22(15-11-18)20(24)16-17-6-8-19(9-7-17)30(27,28)23-12-4-3-5-13-23/h6-9,18H,3-5,10-16H2,1-2H3. The summed E-state index contributed by atoms with van der Waals surface area (Å²) in [7, 11) is -5.13. The molecular formula is C20H31N3O5S2. The highest BCUT2D eigenvalue weighted by atomic mass is 32.2. The number of benzene rings is 1. The van der Waals surface area contributed by atoms with Crippen LogP contribution in [0.3, 0.4) is 0 Å². The maximum absolute atomic E-state index is 12.7. The lowest BCUT2D eigenvalue weighted by molar-refractivity contribution is -0.131. The molecule has 1 aromatic carbocycles. The van der Waals surface area contributed by atoms with Crippen LogP contribution >= 0.6 is 0 Å². The fourth-order valence-corrected chi connectivity index (χ4v) is 6.34. The molecule has 10 heteroatoms. The number of hydrogen-bond acceptors (Lipinski definition) is 5. The van der Waals surface area contributed by atoms with Crippen LogP contribution in [0.2, 0.25) is 0 Å². The molecule has 2 heterocycles. The third kappa shape index (κ3) is 5.40. The molecule has 0 bridgehead atoms. The lowest BCUT2D eigenvalue weighted by Crippen LogP contribution is -2.47. The maximum Gasteiger partial charge on any atom is 0.243 e. The predicted molar refractivity (Wildman–Crippen MR) is 115 cm³/mol. The lowest BCUT2D eigenvalue weighted by atomic mass is 10.0. The Hall–Kier alpha value is -1.49. The first-order valence-corrected chi connectivity index (χ1v) is 13.7. The maximum atomic E-state index is 12.7. The molecule has 2 aliphatic heterocycles. The largest absolute Gasteiger partial charge is 0.342 e. The monoisotopic (exact) mass is 457 g/mol. The number of nitrogens with zero attached hydrogens (tertiary/aromatic N) is 3. The Kier molecular flexibility index (Phi) is 7.21. The third-order valence-electron chi connectivity index (χ3n) is 6.09. The average Bonchev–Trinajstić information content (AvgIpc) is 2.73. The van der Waals surface area contributed by atoms with Crippen LogP contribution in [0.25, 0.3) is 0 Å². The van der Waals surface area contributed by atoms with E-state index in [1.165, 1.54) is 14.9 Å². The number of piperidine rings is 2. The summed E-state index contributed by atoms with van der Waals surface area (Å²) in [4.78, 5) is 14.7. The van der Waals surface area contributed by atoms with Crippen molar-refractivity contribution in [1.82, 2.24) is 13.5 Å². The molecule has 2 saturated heterocycles. The van der Waals surface area contributed by atoms with Crippen molar-refractivity contribution in [3.8, 4) is 0 Å². The highest BCUT2D eigenvalue weighted by Crippen LogP contribution is 2.22. The Morgan fingerprint density at radius 3 is 2.07 bits per heavy atom. The van der Waals surface area contributed by atoms with Crippen LogP contribution in [-0.4, -0.2) is 81.8 Å². The molecule has 30 heavy (non-hydrogen) atoms. The molecule has 2 aliphatic rings. The van der Waals surface area contributed by atoms with Gasteiger partial charge in [-0.05, 0) is 43.4 Å².